The normalized spacial score (nSPS) is 12.0. The zero-order chi connectivity index (χ0) is 15.4. The van der Waals surface area contributed by atoms with Crippen molar-refractivity contribution in [3.63, 3.8) is 0 Å². The van der Waals surface area contributed by atoms with Gasteiger partial charge in [0.25, 0.3) is 0 Å². The summed E-state index contributed by atoms with van der Waals surface area (Å²) in [6.45, 7) is 2.09. The first-order valence-corrected chi connectivity index (χ1v) is 8.12. The molecule has 0 aromatic heterocycles. The van der Waals surface area contributed by atoms with Gasteiger partial charge in [-0.3, -0.25) is 0 Å². The van der Waals surface area contributed by atoms with Crippen LogP contribution >= 0.6 is 31.9 Å². The van der Waals surface area contributed by atoms with Gasteiger partial charge in [0.1, 0.15) is 11.6 Å². The zero-order valence-electron chi connectivity index (χ0n) is 11.8. The van der Waals surface area contributed by atoms with Gasteiger partial charge in [-0.05, 0) is 69.0 Å². The Balaban J connectivity index is 2.08. The Kier molecular flexibility index (Phi) is 5.65. The molecule has 0 radical (unpaired) electrons. The number of rotatable bonds is 5. The van der Waals surface area contributed by atoms with E-state index in [2.05, 4.69) is 44.1 Å². The summed E-state index contributed by atoms with van der Waals surface area (Å²) in [4.78, 5) is 0. The van der Waals surface area contributed by atoms with Gasteiger partial charge < -0.3 is 10.1 Å². The van der Waals surface area contributed by atoms with Crippen molar-refractivity contribution in [2.75, 3.05) is 12.4 Å². The minimum atomic E-state index is -0.209. The molecule has 2 nitrogen and oxygen atoms in total. The topological polar surface area (TPSA) is 21.3 Å². The van der Waals surface area contributed by atoms with E-state index in [1.165, 1.54) is 12.1 Å². The summed E-state index contributed by atoms with van der Waals surface area (Å²) in [6.07, 6.45) is 0.811. The van der Waals surface area contributed by atoms with Crippen LogP contribution in [0.15, 0.2) is 45.3 Å². The fourth-order valence-electron chi connectivity index (χ4n) is 2.09. The molecule has 21 heavy (non-hydrogen) atoms. The summed E-state index contributed by atoms with van der Waals surface area (Å²) in [5.74, 6) is 0.564. The number of methoxy groups -OCH3 is 1. The molecule has 0 saturated carbocycles. The molecule has 5 heteroatoms. The first-order chi connectivity index (χ1) is 9.99. The molecular weight excluding hydrogens is 401 g/mol. The minimum Gasteiger partial charge on any atom is -0.495 e. The number of anilines is 1. The van der Waals surface area contributed by atoms with Gasteiger partial charge in [-0.25, -0.2) is 4.39 Å². The van der Waals surface area contributed by atoms with E-state index in [0.29, 0.717) is 0 Å². The van der Waals surface area contributed by atoms with Gasteiger partial charge in [-0.1, -0.05) is 12.1 Å². The number of benzene rings is 2. The van der Waals surface area contributed by atoms with Crippen molar-refractivity contribution in [2.24, 2.45) is 0 Å². The fourth-order valence-corrected chi connectivity index (χ4v) is 3.36. The molecule has 0 bridgehead atoms. The van der Waals surface area contributed by atoms with E-state index in [1.54, 1.807) is 7.11 Å². The van der Waals surface area contributed by atoms with E-state index >= 15 is 0 Å². The van der Waals surface area contributed by atoms with Gasteiger partial charge in [0.05, 0.1) is 17.3 Å². The van der Waals surface area contributed by atoms with Gasteiger partial charge in [0.2, 0.25) is 0 Å². The van der Waals surface area contributed by atoms with Crippen LogP contribution in [0.4, 0.5) is 10.1 Å². The van der Waals surface area contributed by atoms with Gasteiger partial charge in [0, 0.05) is 16.6 Å². The number of ether oxygens (including phenoxy) is 1. The lowest BCUT2D eigenvalue weighted by Gasteiger charge is -2.18. The Hall–Kier alpha value is -1.07. The lowest BCUT2D eigenvalue weighted by Crippen LogP contribution is -2.18. The monoisotopic (exact) mass is 415 g/mol. The summed E-state index contributed by atoms with van der Waals surface area (Å²) in [6, 6.07) is 10.7. The highest BCUT2D eigenvalue weighted by Crippen LogP contribution is 2.34. The van der Waals surface area contributed by atoms with Crippen LogP contribution in [0.1, 0.15) is 12.5 Å². The average molecular weight is 417 g/mol. The Labute approximate surface area is 141 Å². The number of hydrogen-bond donors (Lipinski definition) is 1. The van der Waals surface area contributed by atoms with Crippen molar-refractivity contribution in [3.8, 4) is 5.75 Å². The Morgan fingerprint density at radius 2 is 1.81 bits per heavy atom. The second-order valence-electron chi connectivity index (χ2n) is 4.84. The summed E-state index contributed by atoms with van der Waals surface area (Å²) >= 11 is 6.99. The Bertz CT molecular complexity index is 616. The summed E-state index contributed by atoms with van der Waals surface area (Å²) in [7, 11) is 1.64. The van der Waals surface area contributed by atoms with Gasteiger partial charge in [-0.15, -0.1) is 0 Å². The maximum Gasteiger partial charge on any atom is 0.135 e. The molecule has 0 heterocycles. The maximum atomic E-state index is 12.9. The average Bonchev–Trinajstić information content (AvgIpc) is 2.44. The standard InChI is InChI=1S/C16H16Br2FNO/c1-10(7-11-3-5-12(19)6-4-11)20-15-9-16(21-2)14(18)8-13(15)17/h3-6,8-10,20H,7H2,1-2H3. The fraction of sp³-hybridized carbons (Fsp3) is 0.250. The minimum absolute atomic E-state index is 0.206. The lowest BCUT2D eigenvalue weighted by molar-refractivity contribution is 0.412. The van der Waals surface area contributed by atoms with Crippen molar-refractivity contribution in [1.29, 1.82) is 0 Å². The van der Waals surface area contributed by atoms with Gasteiger partial charge in [-0.2, -0.15) is 0 Å². The molecule has 2 rings (SSSR count). The molecule has 0 spiro atoms. The van der Waals surface area contributed by atoms with Crippen molar-refractivity contribution >= 4 is 37.5 Å². The quantitative estimate of drug-likeness (QED) is 0.704. The van der Waals surface area contributed by atoms with Crippen LogP contribution in [-0.2, 0) is 6.42 Å². The van der Waals surface area contributed by atoms with Crippen molar-refractivity contribution in [1.82, 2.24) is 0 Å². The molecule has 0 saturated heterocycles. The van der Waals surface area contributed by atoms with Crippen molar-refractivity contribution in [3.05, 3.63) is 56.7 Å². The molecule has 112 valence electrons. The molecule has 0 amide bonds. The van der Waals surface area contributed by atoms with Crippen LogP contribution in [0.25, 0.3) is 0 Å². The first kappa shape index (κ1) is 16.3. The molecule has 1 N–H and O–H groups in total. The zero-order valence-corrected chi connectivity index (χ0v) is 15.0. The van der Waals surface area contributed by atoms with Crippen LogP contribution in [0.3, 0.4) is 0 Å². The largest absolute Gasteiger partial charge is 0.495 e. The molecule has 2 aromatic rings. The third kappa shape index (κ3) is 4.45. The van der Waals surface area contributed by atoms with Crippen LogP contribution < -0.4 is 10.1 Å². The van der Waals surface area contributed by atoms with E-state index in [-0.39, 0.29) is 11.9 Å². The van der Waals surface area contributed by atoms with Crippen LogP contribution in [0.2, 0.25) is 0 Å². The van der Waals surface area contributed by atoms with Crippen LogP contribution in [0.5, 0.6) is 5.75 Å². The predicted octanol–water partition coefficient (Wildman–Crippen LogP) is 5.40. The van der Waals surface area contributed by atoms with Crippen LogP contribution in [-0.4, -0.2) is 13.2 Å². The van der Waals surface area contributed by atoms with Gasteiger partial charge in [0.15, 0.2) is 0 Å². The summed E-state index contributed by atoms with van der Waals surface area (Å²) in [5, 5.41) is 3.43. The molecule has 1 atom stereocenters. The second-order valence-corrected chi connectivity index (χ2v) is 6.55. The molecule has 2 aromatic carbocycles. The Morgan fingerprint density at radius 1 is 1.14 bits per heavy atom. The molecule has 0 aliphatic carbocycles. The number of nitrogens with one attached hydrogen (secondary N) is 1. The van der Waals surface area contributed by atoms with E-state index < -0.39 is 0 Å². The molecule has 0 aliphatic rings. The Morgan fingerprint density at radius 3 is 2.43 bits per heavy atom. The van der Waals surface area contributed by atoms with E-state index in [9.17, 15) is 4.39 Å². The molecule has 1 unspecified atom stereocenters. The van der Waals surface area contributed by atoms with E-state index in [4.69, 9.17) is 4.74 Å². The first-order valence-electron chi connectivity index (χ1n) is 6.53. The molecule has 0 fully saturated rings. The summed E-state index contributed by atoms with van der Waals surface area (Å²) in [5.41, 5.74) is 2.06. The lowest BCUT2D eigenvalue weighted by atomic mass is 10.1. The second kappa shape index (κ2) is 7.27. The predicted molar refractivity (Wildman–Crippen MR) is 91.6 cm³/mol. The molecule has 0 aliphatic heterocycles. The molecular formula is C16H16Br2FNO. The van der Waals surface area contributed by atoms with Gasteiger partial charge >= 0.3 is 0 Å². The number of hydrogen-bond acceptors (Lipinski definition) is 2. The highest BCUT2D eigenvalue weighted by atomic mass is 79.9. The van der Waals surface area contributed by atoms with E-state index in [1.807, 2.05) is 24.3 Å². The third-order valence-electron chi connectivity index (χ3n) is 3.10. The van der Waals surface area contributed by atoms with Crippen molar-refractivity contribution < 1.29 is 9.13 Å². The maximum absolute atomic E-state index is 12.9. The SMILES string of the molecule is COc1cc(NC(C)Cc2ccc(F)cc2)c(Br)cc1Br. The smallest absolute Gasteiger partial charge is 0.135 e. The van der Waals surface area contributed by atoms with Crippen molar-refractivity contribution in [2.45, 2.75) is 19.4 Å². The number of halogens is 3. The highest BCUT2D eigenvalue weighted by molar-refractivity contribution is 9.11. The van der Waals surface area contributed by atoms with E-state index in [0.717, 1.165) is 32.4 Å². The highest BCUT2D eigenvalue weighted by Gasteiger charge is 2.10. The summed E-state index contributed by atoms with van der Waals surface area (Å²) < 4.78 is 20.1. The third-order valence-corrected chi connectivity index (χ3v) is 4.37. The van der Waals surface area contributed by atoms with Crippen LogP contribution in [0, 0.1) is 5.82 Å².